The van der Waals surface area contributed by atoms with Gasteiger partial charge in [-0.05, 0) is 23.6 Å². The van der Waals surface area contributed by atoms with Gasteiger partial charge in [-0.15, -0.1) is 11.3 Å². The first-order valence-electron chi connectivity index (χ1n) is 7.32. The molecule has 0 fully saturated rings. The minimum Gasteiger partial charge on any atom is -0.454 e. The molecule has 3 heterocycles. The van der Waals surface area contributed by atoms with Gasteiger partial charge in [-0.25, -0.2) is 9.78 Å². The molecule has 4 aromatic rings. The van der Waals surface area contributed by atoms with E-state index in [1.165, 1.54) is 0 Å². The molecule has 0 unspecified atom stereocenters. The normalized spacial score (nSPS) is 10.8. The molecule has 0 spiro atoms. The van der Waals surface area contributed by atoms with E-state index in [4.69, 9.17) is 9.26 Å². The Morgan fingerprint density at radius 1 is 1.12 bits per heavy atom. The summed E-state index contributed by atoms with van der Waals surface area (Å²) in [7, 11) is 0. The van der Waals surface area contributed by atoms with Crippen molar-refractivity contribution in [2.24, 2.45) is 0 Å². The molecule has 0 N–H and O–H groups in total. The van der Waals surface area contributed by atoms with Gasteiger partial charge >= 0.3 is 5.97 Å². The van der Waals surface area contributed by atoms with Gasteiger partial charge in [0.05, 0.1) is 10.4 Å². The van der Waals surface area contributed by atoms with Crippen LogP contribution in [0.4, 0.5) is 0 Å². The highest BCUT2D eigenvalue weighted by atomic mass is 32.1. The molecule has 0 aliphatic heterocycles. The summed E-state index contributed by atoms with van der Waals surface area (Å²) in [6.45, 7) is 0.0439. The minimum atomic E-state index is -0.485. The summed E-state index contributed by atoms with van der Waals surface area (Å²) < 4.78 is 10.5. The second-order valence-electron chi connectivity index (χ2n) is 5.13. The van der Waals surface area contributed by atoms with E-state index in [0.29, 0.717) is 11.5 Å². The number of carbonyl (C=O) groups is 1. The highest BCUT2D eigenvalue weighted by molar-refractivity contribution is 7.13. The molecule has 118 valence electrons. The summed E-state index contributed by atoms with van der Waals surface area (Å²) in [5.41, 5.74) is 1.59. The highest BCUT2D eigenvalue weighted by Crippen LogP contribution is 2.25. The molecule has 0 saturated heterocycles. The number of rotatable bonds is 4. The highest BCUT2D eigenvalue weighted by Gasteiger charge is 2.13. The number of benzene rings is 1. The Morgan fingerprint density at radius 2 is 2.04 bits per heavy atom. The fourth-order valence-corrected chi connectivity index (χ4v) is 2.98. The average Bonchev–Trinajstić information content (AvgIpc) is 3.30. The number of fused-ring (bicyclic) bond motifs is 1. The molecule has 24 heavy (non-hydrogen) atoms. The van der Waals surface area contributed by atoms with Crippen LogP contribution in [0.3, 0.4) is 0 Å². The Hall–Kier alpha value is -2.99. The van der Waals surface area contributed by atoms with Gasteiger partial charge < -0.3 is 9.26 Å². The molecule has 5 nitrogen and oxygen atoms in total. The van der Waals surface area contributed by atoms with Crippen molar-refractivity contribution in [1.29, 1.82) is 0 Å². The molecule has 0 aliphatic carbocycles. The second kappa shape index (κ2) is 6.25. The van der Waals surface area contributed by atoms with Crippen LogP contribution in [-0.2, 0) is 11.3 Å². The van der Waals surface area contributed by atoms with Crippen molar-refractivity contribution in [3.8, 4) is 10.6 Å². The maximum atomic E-state index is 12.2. The lowest BCUT2D eigenvalue weighted by Gasteiger charge is -2.03. The van der Waals surface area contributed by atoms with Gasteiger partial charge in [0.1, 0.15) is 18.0 Å². The number of aromatic nitrogens is 2. The van der Waals surface area contributed by atoms with Crippen molar-refractivity contribution >= 4 is 28.2 Å². The van der Waals surface area contributed by atoms with Crippen molar-refractivity contribution in [2.45, 2.75) is 6.61 Å². The van der Waals surface area contributed by atoms with Crippen LogP contribution in [0.25, 0.3) is 21.5 Å². The van der Waals surface area contributed by atoms with E-state index in [1.807, 2.05) is 47.8 Å². The zero-order chi connectivity index (χ0) is 16.4. The molecular weight excluding hydrogens is 324 g/mol. The number of nitrogens with zero attached hydrogens (tertiary/aromatic N) is 2. The van der Waals surface area contributed by atoms with Crippen LogP contribution in [0.15, 0.2) is 64.5 Å². The maximum absolute atomic E-state index is 12.2. The Bertz CT molecular complexity index is 992. The second-order valence-corrected chi connectivity index (χ2v) is 6.07. The first-order valence-corrected chi connectivity index (χ1v) is 8.20. The maximum Gasteiger partial charge on any atom is 0.357 e. The lowest BCUT2D eigenvalue weighted by atomic mass is 10.2. The quantitative estimate of drug-likeness (QED) is 0.520. The molecule has 0 radical (unpaired) electrons. The number of hydrogen-bond acceptors (Lipinski definition) is 6. The Morgan fingerprint density at radius 3 is 2.92 bits per heavy atom. The van der Waals surface area contributed by atoms with Crippen molar-refractivity contribution < 1.29 is 14.1 Å². The van der Waals surface area contributed by atoms with E-state index in [1.54, 1.807) is 23.5 Å². The standard InChI is InChI=1S/C18H12N2O3S/c21-18(15-8-7-12-4-1-2-5-14(12)19-15)22-11-13-10-16(23-20-13)17-6-3-9-24-17/h1-10H,11H2. The van der Waals surface area contributed by atoms with Crippen LogP contribution < -0.4 is 0 Å². The lowest BCUT2D eigenvalue weighted by Crippen LogP contribution is -2.07. The summed E-state index contributed by atoms with van der Waals surface area (Å²) in [6, 6.07) is 16.8. The summed E-state index contributed by atoms with van der Waals surface area (Å²) >= 11 is 1.56. The van der Waals surface area contributed by atoms with Gasteiger partial charge in [-0.3, -0.25) is 0 Å². The molecule has 0 saturated carbocycles. The first kappa shape index (κ1) is 14.6. The van der Waals surface area contributed by atoms with Gasteiger partial charge in [0.25, 0.3) is 0 Å². The monoisotopic (exact) mass is 336 g/mol. The third-order valence-electron chi connectivity index (χ3n) is 3.48. The predicted octanol–water partition coefficient (Wildman–Crippen LogP) is 4.31. The number of carbonyl (C=O) groups excluding carboxylic acids is 1. The zero-order valence-electron chi connectivity index (χ0n) is 12.5. The van der Waals surface area contributed by atoms with Crippen molar-refractivity contribution in [1.82, 2.24) is 10.1 Å². The van der Waals surface area contributed by atoms with Crippen LogP contribution in [0.5, 0.6) is 0 Å². The molecule has 0 aliphatic rings. The fraction of sp³-hybridized carbons (Fsp3) is 0.0556. The van der Waals surface area contributed by atoms with E-state index in [-0.39, 0.29) is 12.3 Å². The summed E-state index contributed by atoms with van der Waals surface area (Å²) in [4.78, 5) is 17.5. The molecular formula is C18H12N2O3S. The summed E-state index contributed by atoms with van der Waals surface area (Å²) in [5, 5.41) is 6.86. The van der Waals surface area contributed by atoms with Gasteiger partial charge in [-0.2, -0.15) is 0 Å². The number of pyridine rings is 1. The van der Waals surface area contributed by atoms with Gasteiger partial charge in [0, 0.05) is 11.5 Å². The van der Waals surface area contributed by atoms with Crippen LogP contribution >= 0.6 is 11.3 Å². The topological polar surface area (TPSA) is 65.2 Å². The van der Waals surface area contributed by atoms with Gasteiger partial charge in [0.15, 0.2) is 5.76 Å². The average molecular weight is 336 g/mol. The third kappa shape index (κ3) is 2.91. The van der Waals surface area contributed by atoms with Gasteiger partial charge in [0.2, 0.25) is 0 Å². The predicted molar refractivity (Wildman–Crippen MR) is 90.7 cm³/mol. The minimum absolute atomic E-state index is 0.0439. The Labute approximate surface area is 141 Å². The number of hydrogen-bond donors (Lipinski definition) is 0. The molecule has 0 bridgehead atoms. The van der Waals surface area contributed by atoms with E-state index in [9.17, 15) is 4.79 Å². The van der Waals surface area contributed by atoms with Crippen LogP contribution in [0.1, 0.15) is 16.2 Å². The SMILES string of the molecule is O=C(OCc1cc(-c2cccs2)on1)c1ccc2ccccc2n1. The number of esters is 1. The first-order chi connectivity index (χ1) is 11.8. The van der Waals surface area contributed by atoms with Crippen molar-refractivity contribution in [3.05, 3.63) is 71.4 Å². The van der Waals surface area contributed by atoms with E-state index < -0.39 is 5.97 Å². The zero-order valence-corrected chi connectivity index (χ0v) is 13.3. The smallest absolute Gasteiger partial charge is 0.357 e. The molecule has 0 atom stereocenters. The fourth-order valence-electron chi connectivity index (χ4n) is 2.31. The molecule has 3 aromatic heterocycles. The van der Waals surface area contributed by atoms with E-state index in [2.05, 4.69) is 10.1 Å². The Kier molecular flexibility index (Phi) is 3.80. The van der Waals surface area contributed by atoms with Crippen molar-refractivity contribution in [3.63, 3.8) is 0 Å². The Balaban J connectivity index is 1.46. The van der Waals surface area contributed by atoms with Gasteiger partial charge in [-0.1, -0.05) is 35.5 Å². The van der Waals surface area contributed by atoms with E-state index >= 15 is 0 Å². The van der Waals surface area contributed by atoms with Crippen LogP contribution in [0, 0.1) is 0 Å². The third-order valence-corrected chi connectivity index (χ3v) is 4.37. The lowest BCUT2D eigenvalue weighted by molar-refractivity contribution is 0.0458. The van der Waals surface area contributed by atoms with Crippen LogP contribution in [0.2, 0.25) is 0 Å². The largest absolute Gasteiger partial charge is 0.454 e. The van der Waals surface area contributed by atoms with E-state index in [0.717, 1.165) is 15.8 Å². The summed E-state index contributed by atoms with van der Waals surface area (Å²) in [6.07, 6.45) is 0. The molecule has 6 heteroatoms. The molecule has 0 amide bonds. The number of ether oxygens (including phenoxy) is 1. The molecule has 1 aromatic carbocycles. The van der Waals surface area contributed by atoms with Crippen molar-refractivity contribution in [2.75, 3.05) is 0 Å². The number of para-hydroxylation sites is 1. The number of thiophene rings is 1. The van der Waals surface area contributed by atoms with Crippen LogP contribution in [-0.4, -0.2) is 16.1 Å². The summed E-state index contributed by atoms with van der Waals surface area (Å²) in [5.74, 6) is 0.182. The molecule has 4 rings (SSSR count).